The molecule has 4 nitrogen and oxygen atoms in total. The number of hydrogen-bond donors (Lipinski definition) is 2. The largest absolute Gasteiger partial charge is 0.507 e. The molecule has 0 saturated heterocycles. The number of aromatic hydroxyl groups is 1. The number of phenolic OH excluding ortho intramolecular Hbond substituents is 1. The van der Waals surface area contributed by atoms with Crippen molar-refractivity contribution in [3.8, 4) is 5.75 Å². The van der Waals surface area contributed by atoms with Crippen molar-refractivity contribution in [2.75, 3.05) is 0 Å². The molecule has 0 atom stereocenters. The first-order valence-corrected chi connectivity index (χ1v) is 5.54. The van der Waals surface area contributed by atoms with Crippen molar-refractivity contribution in [3.63, 3.8) is 0 Å². The summed E-state index contributed by atoms with van der Waals surface area (Å²) < 4.78 is 12.7. The van der Waals surface area contributed by atoms with Gasteiger partial charge in [-0.2, -0.15) is 5.10 Å². The maximum atomic E-state index is 12.7. The van der Waals surface area contributed by atoms with Crippen LogP contribution in [0.5, 0.6) is 5.75 Å². The molecule has 2 aromatic carbocycles. The smallest absolute Gasteiger partial charge is 0.271 e. The fourth-order valence-corrected chi connectivity index (χ4v) is 1.42. The highest BCUT2D eigenvalue weighted by Crippen LogP contribution is 2.12. The van der Waals surface area contributed by atoms with Gasteiger partial charge in [-0.15, -0.1) is 0 Å². The third kappa shape index (κ3) is 3.38. The molecule has 2 N–H and O–H groups in total. The third-order valence-electron chi connectivity index (χ3n) is 2.41. The second-order valence-corrected chi connectivity index (χ2v) is 3.76. The molecule has 0 saturated carbocycles. The van der Waals surface area contributed by atoms with Crippen LogP contribution >= 0.6 is 0 Å². The number of hydrazone groups is 1. The lowest BCUT2D eigenvalue weighted by Gasteiger charge is -2.00. The predicted octanol–water partition coefficient (Wildman–Crippen LogP) is 2.30. The van der Waals surface area contributed by atoms with Crippen LogP contribution in [0.1, 0.15) is 15.9 Å². The van der Waals surface area contributed by atoms with E-state index in [9.17, 15) is 14.3 Å². The summed E-state index contributed by atoms with van der Waals surface area (Å²) in [6.07, 6.45) is 1.33. The van der Waals surface area contributed by atoms with E-state index in [2.05, 4.69) is 10.5 Å². The molecular formula is C14H11FN2O2. The second-order valence-electron chi connectivity index (χ2n) is 3.76. The van der Waals surface area contributed by atoms with E-state index < -0.39 is 11.7 Å². The molecule has 19 heavy (non-hydrogen) atoms. The molecule has 2 rings (SSSR count). The van der Waals surface area contributed by atoms with Crippen LogP contribution < -0.4 is 5.43 Å². The number of nitrogens with zero attached hydrogens (tertiary/aromatic N) is 1. The Morgan fingerprint density at radius 2 is 1.84 bits per heavy atom. The van der Waals surface area contributed by atoms with E-state index in [4.69, 9.17) is 0 Å². The van der Waals surface area contributed by atoms with Crippen LogP contribution in [0.4, 0.5) is 4.39 Å². The van der Waals surface area contributed by atoms with E-state index in [0.717, 1.165) is 0 Å². The Balaban J connectivity index is 2.01. The number of carbonyl (C=O) groups is 1. The first kappa shape index (κ1) is 12.8. The molecule has 0 unspecified atom stereocenters. The molecule has 0 bridgehead atoms. The summed E-state index contributed by atoms with van der Waals surface area (Å²) in [4.78, 5) is 11.6. The fraction of sp³-hybridized carbons (Fsp3) is 0. The van der Waals surface area contributed by atoms with Gasteiger partial charge in [0.2, 0.25) is 0 Å². The molecule has 1 amide bonds. The highest BCUT2D eigenvalue weighted by molar-refractivity contribution is 5.95. The van der Waals surface area contributed by atoms with Crippen molar-refractivity contribution >= 4 is 12.1 Å². The van der Waals surface area contributed by atoms with Crippen molar-refractivity contribution in [2.24, 2.45) is 5.10 Å². The van der Waals surface area contributed by atoms with E-state index in [1.54, 1.807) is 18.2 Å². The quantitative estimate of drug-likeness (QED) is 0.655. The summed E-state index contributed by atoms with van der Waals surface area (Å²) in [6.45, 7) is 0. The van der Waals surface area contributed by atoms with Crippen molar-refractivity contribution in [2.45, 2.75) is 0 Å². The van der Waals surface area contributed by atoms with Gasteiger partial charge in [0.25, 0.3) is 5.91 Å². The van der Waals surface area contributed by atoms with E-state index in [-0.39, 0.29) is 5.75 Å². The molecule has 0 aliphatic rings. The highest BCUT2D eigenvalue weighted by Gasteiger charge is 2.03. The van der Waals surface area contributed by atoms with Gasteiger partial charge in [0.15, 0.2) is 0 Å². The number of hydrogen-bond acceptors (Lipinski definition) is 3. The van der Waals surface area contributed by atoms with Gasteiger partial charge >= 0.3 is 0 Å². The summed E-state index contributed by atoms with van der Waals surface area (Å²) in [5.41, 5.74) is 3.08. The van der Waals surface area contributed by atoms with Crippen LogP contribution in [0, 0.1) is 5.82 Å². The number of para-hydroxylation sites is 1. The van der Waals surface area contributed by atoms with Crippen LogP contribution in [0.15, 0.2) is 53.6 Å². The van der Waals surface area contributed by atoms with E-state index in [1.165, 1.54) is 36.5 Å². The topological polar surface area (TPSA) is 61.7 Å². The van der Waals surface area contributed by atoms with Gasteiger partial charge in [-0.05, 0) is 36.4 Å². The Hall–Kier alpha value is -2.69. The fourth-order valence-electron chi connectivity index (χ4n) is 1.42. The number of rotatable bonds is 3. The van der Waals surface area contributed by atoms with Gasteiger partial charge in [-0.1, -0.05) is 12.1 Å². The summed E-state index contributed by atoms with van der Waals surface area (Å²) >= 11 is 0. The number of nitrogens with one attached hydrogen (secondary N) is 1. The third-order valence-corrected chi connectivity index (χ3v) is 2.41. The molecule has 0 spiro atoms. The first-order valence-electron chi connectivity index (χ1n) is 5.54. The van der Waals surface area contributed by atoms with Gasteiger partial charge in [0.05, 0.1) is 6.21 Å². The zero-order valence-corrected chi connectivity index (χ0v) is 9.88. The van der Waals surface area contributed by atoms with Gasteiger partial charge in [0.1, 0.15) is 11.6 Å². The Morgan fingerprint density at radius 1 is 1.16 bits per heavy atom. The van der Waals surface area contributed by atoms with E-state index in [0.29, 0.717) is 11.1 Å². The summed E-state index contributed by atoms with van der Waals surface area (Å²) in [6, 6.07) is 11.7. The van der Waals surface area contributed by atoms with Crippen LogP contribution in [-0.4, -0.2) is 17.2 Å². The molecular weight excluding hydrogens is 247 g/mol. The van der Waals surface area contributed by atoms with Gasteiger partial charge in [-0.3, -0.25) is 4.79 Å². The number of benzene rings is 2. The minimum atomic E-state index is -0.452. The summed E-state index contributed by atoms with van der Waals surface area (Å²) in [5.74, 6) is -0.789. The Labute approximate surface area is 109 Å². The summed E-state index contributed by atoms with van der Waals surface area (Å²) in [7, 11) is 0. The average molecular weight is 258 g/mol. The number of halogens is 1. The van der Waals surface area contributed by atoms with E-state index >= 15 is 0 Å². The normalized spacial score (nSPS) is 10.6. The first-order chi connectivity index (χ1) is 9.16. The Bertz CT molecular complexity index is 609. The molecule has 0 aliphatic heterocycles. The van der Waals surface area contributed by atoms with Gasteiger partial charge < -0.3 is 5.11 Å². The highest BCUT2D eigenvalue weighted by atomic mass is 19.1. The minimum Gasteiger partial charge on any atom is -0.507 e. The van der Waals surface area contributed by atoms with Crippen molar-refractivity contribution < 1.29 is 14.3 Å². The molecule has 0 aliphatic carbocycles. The number of amides is 1. The zero-order valence-electron chi connectivity index (χ0n) is 9.88. The van der Waals surface area contributed by atoms with Gasteiger partial charge in [0, 0.05) is 11.1 Å². The van der Waals surface area contributed by atoms with Crippen molar-refractivity contribution in [1.29, 1.82) is 0 Å². The zero-order chi connectivity index (χ0) is 13.7. The van der Waals surface area contributed by atoms with Crippen molar-refractivity contribution in [1.82, 2.24) is 5.43 Å². The standard InChI is InChI=1S/C14H11FN2O2/c15-12-7-5-10(6-8-12)14(19)17-16-9-11-3-1-2-4-13(11)18/h1-9,18H,(H,17,19)/b16-9+. The lowest BCUT2D eigenvalue weighted by molar-refractivity contribution is 0.0955. The minimum absolute atomic E-state index is 0.0716. The number of phenols is 1. The molecule has 0 radical (unpaired) electrons. The monoisotopic (exact) mass is 258 g/mol. The van der Waals surface area contributed by atoms with Crippen LogP contribution in [0.25, 0.3) is 0 Å². The lowest BCUT2D eigenvalue weighted by atomic mass is 10.2. The molecule has 0 fully saturated rings. The molecule has 0 aromatic heterocycles. The molecule has 0 heterocycles. The average Bonchev–Trinajstić information content (AvgIpc) is 2.41. The number of carbonyl (C=O) groups excluding carboxylic acids is 1. The molecule has 2 aromatic rings. The summed E-state index contributed by atoms with van der Waals surface area (Å²) in [5, 5.41) is 13.2. The molecule has 5 heteroatoms. The SMILES string of the molecule is O=C(N/N=C/c1ccccc1O)c1ccc(F)cc1. The second kappa shape index (κ2) is 5.77. The van der Waals surface area contributed by atoms with Gasteiger partial charge in [-0.25, -0.2) is 9.82 Å². The molecule has 96 valence electrons. The maximum Gasteiger partial charge on any atom is 0.271 e. The Kier molecular flexibility index (Phi) is 3.87. The lowest BCUT2D eigenvalue weighted by Crippen LogP contribution is -2.17. The van der Waals surface area contributed by atoms with Crippen LogP contribution in [0.3, 0.4) is 0 Å². The van der Waals surface area contributed by atoms with E-state index in [1.807, 2.05) is 0 Å². The Morgan fingerprint density at radius 3 is 2.53 bits per heavy atom. The van der Waals surface area contributed by atoms with Crippen molar-refractivity contribution in [3.05, 3.63) is 65.5 Å². The maximum absolute atomic E-state index is 12.7. The van der Waals surface area contributed by atoms with Crippen LogP contribution in [-0.2, 0) is 0 Å². The predicted molar refractivity (Wildman–Crippen MR) is 69.6 cm³/mol. The van der Waals surface area contributed by atoms with Crippen LogP contribution in [0.2, 0.25) is 0 Å².